The number of imidazole rings is 1. The smallest absolute Gasteiger partial charge is 0.230 e. The molecule has 0 aliphatic heterocycles. The molecular weight excluding hydrogens is 330 g/mol. The van der Waals surface area contributed by atoms with Crippen molar-refractivity contribution in [2.24, 2.45) is 0 Å². The van der Waals surface area contributed by atoms with Crippen LogP contribution in [-0.2, 0) is 11.3 Å². The van der Waals surface area contributed by atoms with Gasteiger partial charge < -0.3 is 9.88 Å². The number of hydrogen-bond donors (Lipinski definition) is 1. The van der Waals surface area contributed by atoms with Gasteiger partial charge in [0, 0.05) is 12.6 Å². The molecule has 1 saturated carbocycles. The lowest BCUT2D eigenvalue weighted by atomic mass is 9.97. The Bertz CT molecular complexity index is 689. The molecule has 0 atom stereocenters. The van der Waals surface area contributed by atoms with Crippen LogP contribution in [0.15, 0.2) is 29.4 Å². The quantitative estimate of drug-likeness (QED) is 0.756. The van der Waals surface area contributed by atoms with Gasteiger partial charge in [-0.3, -0.25) is 4.79 Å². The van der Waals surface area contributed by atoms with Gasteiger partial charge >= 0.3 is 0 Å². The molecule has 1 heterocycles. The number of para-hydroxylation sites is 2. The fourth-order valence-electron chi connectivity index (χ4n) is 3.60. The number of carbonyl (C=O) groups is 1. The van der Waals surface area contributed by atoms with Crippen LogP contribution in [0.3, 0.4) is 0 Å². The molecule has 1 N–H and O–H groups in total. The van der Waals surface area contributed by atoms with E-state index in [4.69, 9.17) is 4.98 Å². The minimum absolute atomic E-state index is 0.144. The van der Waals surface area contributed by atoms with Gasteiger partial charge in [0.05, 0.1) is 16.8 Å². The van der Waals surface area contributed by atoms with E-state index in [2.05, 4.69) is 22.9 Å². The van der Waals surface area contributed by atoms with E-state index in [-0.39, 0.29) is 5.91 Å². The number of aromatic nitrogens is 2. The van der Waals surface area contributed by atoms with E-state index in [0.29, 0.717) is 11.8 Å². The summed E-state index contributed by atoms with van der Waals surface area (Å²) in [6.07, 6.45) is 9.76. The highest BCUT2D eigenvalue weighted by Crippen LogP contribution is 2.24. The fraction of sp³-hybridized carbons (Fsp3) is 0.600. The van der Waals surface area contributed by atoms with E-state index >= 15 is 0 Å². The van der Waals surface area contributed by atoms with E-state index in [0.717, 1.165) is 42.0 Å². The number of fused-ring (bicyclic) bond motifs is 1. The minimum atomic E-state index is 0.144. The molecule has 1 amide bonds. The van der Waals surface area contributed by atoms with Gasteiger partial charge in [0.1, 0.15) is 0 Å². The molecule has 5 heteroatoms. The third-order valence-corrected chi connectivity index (χ3v) is 5.85. The average Bonchev–Trinajstić information content (AvgIpc) is 2.94. The number of rotatable bonds is 6. The average molecular weight is 360 g/mol. The SMILES string of the molecule is CCCn1c(SCC(=O)NC2CCCCCCC2)nc2ccccc21. The maximum absolute atomic E-state index is 12.4. The number of thioether (sulfide) groups is 1. The number of nitrogens with one attached hydrogen (secondary N) is 1. The van der Waals surface area contributed by atoms with E-state index in [1.54, 1.807) is 11.8 Å². The molecule has 25 heavy (non-hydrogen) atoms. The van der Waals surface area contributed by atoms with Gasteiger partial charge in [-0.15, -0.1) is 0 Å². The third-order valence-electron chi connectivity index (χ3n) is 4.87. The Balaban J connectivity index is 1.59. The second-order valence-corrected chi connectivity index (χ2v) is 7.88. The van der Waals surface area contributed by atoms with E-state index in [9.17, 15) is 4.79 Å². The first-order valence-corrected chi connectivity index (χ1v) is 10.6. The summed E-state index contributed by atoms with van der Waals surface area (Å²) in [6, 6.07) is 8.58. The van der Waals surface area contributed by atoms with Crippen LogP contribution in [-0.4, -0.2) is 27.3 Å². The molecule has 4 nitrogen and oxygen atoms in total. The second kappa shape index (κ2) is 9.27. The normalized spacial score (nSPS) is 16.5. The van der Waals surface area contributed by atoms with Crippen LogP contribution in [0.2, 0.25) is 0 Å². The first-order chi connectivity index (χ1) is 12.3. The Morgan fingerprint density at radius 2 is 1.92 bits per heavy atom. The highest BCUT2D eigenvalue weighted by atomic mass is 32.2. The number of benzene rings is 1. The molecule has 136 valence electrons. The van der Waals surface area contributed by atoms with Crippen molar-refractivity contribution in [2.75, 3.05) is 5.75 Å². The van der Waals surface area contributed by atoms with E-state index in [1.165, 1.54) is 32.1 Å². The highest BCUT2D eigenvalue weighted by molar-refractivity contribution is 7.99. The number of aryl methyl sites for hydroxylation is 1. The monoisotopic (exact) mass is 359 g/mol. The van der Waals surface area contributed by atoms with Gasteiger partial charge in [-0.1, -0.05) is 62.9 Å². The lowest BCUT2D eigenvalue weighted by Gasteiger charge is -2.20. The topological polar surface area (TPSA) is 46.9 Å². The molecule has 1 aliphatic carbocycles. The fourth-order valence-corrected chi connectivity index (χ4v) is 4.46. The largest absolute Gasteiger partial charge is 0.353 e. The van der Waals surface area contributed by atoms with Crippen LogP contribution in [0.4, 0.5) is 0 Å². The zero-order valence-corrected chi connectivity index (χ0v) is 16.0. The van der Waals surface area contributed by atoms with Crippen LogP contribution in [0.25, 0.3) is 11.0 Å². The third kappa shape index (κ3) is 5.00. The Kier molecular flexibility index (Phi) is 6.79. The zero-order chi connectivity index (χ0) is 17.5. The van der Waals surface area contributed by atoms with Crippen molar-refractivity contribution in [3.63, 3.8) is 0 Å². The van der Waals surface area contributed by atoms with Crippen LogP contribution in [0.1, 0.15) is 58.3 Å². The van der Waals surface area contributed by atoms with Gasteiger partial charge in [0.15, 0.2) is 5.16 Å². The maximum atomic E-state index is 12.4. The molecule has 1 fully saturated rings. The number of amides is 1. The molecule has 1 aliphatic rings. The predicted molar refractivity (Wildman–Crippen MR) is 105 cm³/mol. The Labute approximate surface area is 154 Å². The lowest BCUT2D eigenvalue weighted by Crippen LogP contribution is -2.36. The van der Waals surface area contributed by atoms with Gasteiger partial charge in [0.25, 0.3) is 0 Å². The van der Waals surface area contributed by atoms with Crippen molar-refractivity contribution in [3.8, 4) is 0 Å². The predicted octanol–water partition coefficient (Wildman–Crippen LogP) is 4.77. The Morgan fingerprint density at radius 3 is 2.68 bits per heavy atom. The molecule has 0 unspecified atom stereocenters. The van der Waals surface area contributed by atoms with Crippen molar-refractivity contribution < 1.29 is 4.79 Å². The van der Waals surface area contributed by atoms with E-state index < -0.39 is 0 Å². The van der Waals surface area contributed by atoms with Crippen molar-refractivity contribution in [3.05, 3.63) is 24.3 Å². The molecule has 0 saturated heterocycles. The summed E-state index contributed by atoms with van der Waals surface area (Å²) in [5, 5.41) is 4.20. The van der Waals surface area contributed by atoms with Crippen molar-refractivity contribution in [2.45, 2.75) is 76.0 Å². The molecule has 0 bridgehead atoms. The molecule has 2 aromatic rings. The highest BCUT2D eigenvalue weighted by Gasteiger charge is 2.16. The molecule has 1 aromatic carbocycles. The van der Waals surface area contributed by atoms with Crippen molar-refractivity contribution in [1.29, 1.82) is 0 Å². The second-order valence-electron chi connectivity index (χ2n) is 6.93. The summed E-state index contributed by atoms with van der Waals surface area (Å²) in [7, 11) is 0. The van der Waals surface area contributed by atoms with Crippen LogP contribution < -0.4 is 5.32 Å². The van der Waals surface area contributed by atoms with Crippen molar-refractivity contribution >= 4 is 28.7 Å². The molecule has 3 rings (SSSR count). The van der Waals surface area contributed by atoms with E-state index in [1.807, 2.05) is 18.2 Å². The first kappa shape index (κ1) is 18.3. The first-order valence-electron chi connectivity index (χ1n) is 9.65. The van der Waals surface area contributed by atoms with Gasteiger partial charge in [-0.25, -0.2) is 4.98 Å². The van der Waals surface area contributed by atoms with Crippen LogP contribution in [0, 0.1) is 0 Å². The maximum Gasteiger partial charge on any atom is 0.230 e. The van der Waals surface area contributed by atoms with Crippen molar-refractivity contribution in [1.82, 2.24) is 14.9 Å². The standard InChI is InChI=1S/C20H29N3OS/c1-2-14-23-18-13-9-8-12-17(18)22-20(23)25-15-19(24)21-16-10-6-4-3-5-7-11-16/h8-9,12-13,16H,2-7,10-11,14-15H2,1H3,(H,21,24). The Hall–Kier alpha value is -1.49. The van der Waals surface area contributed by atoms with Gasteiger partial charge in [-0.05, 0) is 31.4 Å². The Morgan fingerprint density at radius 1 is 1.20 bits per heavy atom. The minimum Gasteiger partial charge on any atom is -0.353 e. The summed E-state index contributed by atoms with van der Waals surface area (Å²) in [4.78, 5) is 17.1. The molecule has 0 spiro atoms. The summed E-state index contributed by atoms with van der Waals surface area (Å²) in [5.41, 5.74) is 2.17. The summed E-state index contributed by atoms with van der Waals surface area (Å²) < 4.78 is 2.24. The molecule has 1 aromatic heterocycles. The summed E-state index contributed by atoms with van der Waals surface area (Å²) >= 11 is 1.56. The summed E-state index contributed by atoms with van der Waals surface area (Å²) in [6.45, 7) is 3.11. The zero-order valence-electron chi connectivity index (χ0n) is 15.2. The number of nitrogens with zero attached hydrogens (tertiary/aromatic N) is 2. The molecular formula is C20H29N3OS. The van der Waals surface area contributed by atoms with Crippen LogP contribution >= 0.6 is 11.8 Å². The number of hydrogen-bond acceptors (Lipinski definition) is 3. The summed E-state index contributed by atoms with van der Waals surface area (Å²) in [5.74, 6) is 0.592. The number of carbonyl (C=O) groups excluding carboxylic acids is 1. The molecule has 0 radical (unpaired) electrons. The lowest BCUT2D eigenvalue weighted by molar-refractivity contribution is -0.119. The van der Waals surface area contributed by atoms with Crippen LogP contribution in [0.5, 0.6) is 0 Å². The van der Waals surface area contributed by atoms with Gasteiger partial charge in [-0.2, -0.15) is 0 Å². The van der Waals surface area contributed by atoms with Gasteiger partial charge in [0.2, 0.25) is 5.91 Å².